The van der Waals surface area contributed by atoms with E-state index in [0.29, 0.717) is 5.92 Å². The summed E-state index contributed by atoms with van der Waals surface area (Å²) in [6.45, 7) is 0.791. The Hall–Kier alpha value is -0.870. The normalized spacial score (nSPS) is 28.4. The van der Waals surface area contributed by atoms with Crippen molar-refractivity contribution in [1.82, 2.24) is 9.78 Å². The number of hydrogen-bond donors (Lipinski definition) is 1. The van der Waals surface area contributed by atoms with Crippen molar-refractivity contribution in [2.75, 3.05) is 6.61 Å². The fourth-order valence-electron chi connectivity index (χ4n) is 3.80. The van der Waals surface area contributed by atoms with Gasteiger partial charge in [0, 0.05) is 19.9 Å². The van der Waals surface area contributed by atoms with E-state index in [9.17, 15) is 5.11 Å². The number of hydrogen-bond acceptors (Lipinski definition) is 3. The van der Waals surface area contributed by atoms with Gasteiger partial charge in [0.2, 0.25) is 0 Å². The molecule has 1 saturated carbocycles. The van der Waals surface area contributed by atoms with Gasteiger partial charge in [-0.25, -0.2) is 0 Å². The van der Waals surface area contributed by atoms with Crippen molar-refractivity contribution in [2.45, 2.75) is 56.7 Å². The van der Waals surface area contributed by atoms with Crippen LogP contribution >= 0.6 is 0 Å². The topological polar surface area (TPSA) is 47.3 Å². The van der Waals surface area contributed by atoms with Crippen molar-refractivity contribution >= 4 is 0 Å². The minimum Gasteiger partial charge on any atom is -0.387 e. The fourth-order valence-corrected chi connectivity index (χ4v) is 3.80. The summed E-state index contributed by atoms with van der Waals surface area (Å²) >= 11 is 0. The smallest absolute Gasteiger partial charge is 0.0986 e. The van der Waals surface area contributed by atoms with Crippen LogP contribution in [0.3, 0.4) is 0 Å². The third-order valence-corrected chi connectivity index (χ3v) is 4.90. The van der Waals surface area contributed by atoms with Crippen molar-refractivity contribution in [2.24, 2.45) is 13.0 Å². The summed E-state index contributed by atoms with van der Waals surface area (Å²) in [5, 5.41) is 14.8. The molecule has 2 atom stereocenters. The van der Waals surface area contributed by atoms with Crippen molar-refractivity contribution in [3.63, 3.8) is 0 Å². The SMILES string of the molecule is Cn1nccc1C(O)C1CCOC2(CCCCC2)C1. The number of aryl methyl sites for hydroxylation is 1. The monoisotopic (exact) mass is 264 g/mol. The number of rotatable bonds is 2. The van der Waals surface area contributed by atoms with E-state index in [4.69, 9.17) is 4.74 Å². The molecule has 1 aliphatic heterocycles. The van der Waals surface area contributed by atoms with E-state index in [1.165, 1.54) is 32.1 Å². The van der Waals surface area contributed by atoms with Crippen LogP contribution in [0.5, 0.6) is 0 Å². The first kappa shape index (κ1) is 13.1. The molecule has 106 valence electrons. The highest BCUT2D eigenvalue weighted by atomic mass is 16.5. The van der Waals surface area contributed by atoms with Crippen LogP contribution in [-0.2, 0) is 11.8 Å². The molecule has 4 nitrogen and oxygen atoms in total. The van der Waals surface area contributed by atoms with Gasteiger partial charge in [0.1, 0.15) is 0 Å². The first-order valence-corrected chi connectivity index (χ1v) is 7.50. The number of ether oxygens (including phenoxy) is 1. The van der Waals surface area contributed by atoms with Crippen LogP contribution < -0.4 is 0 Å². The predicted octanol–water partition coefficient (Wildman–Crippen LogP) is 2.58. The van der Waals surface area contributed by atoms with Crippen LogP contribution in [0.2, 0.25) is 0 Å². The Balaban J connectivity index is 1.72. The van der Waals surface area contributed by atoms with E-state index < -0.39 is 6.10 Å². The second-order valence-electron chi connectivity index (χ2n) is 6.17. The fraction of sp³-hybridized carbons (Fsp3) is 0.800. The lowest BCUT2D eigenvalue weighted by Gasteiger charge is -2.44. The van der Waals surface area contributed by atoms with Crippen molar-refractivity contribution in [3.8, 4) is 0 Å². The average Bonchev–Trinajstić information content (AvgIpc) is 2.85. The van der Waals surface area contributed by atoms with Crippen LogP contribution in [0.25, 0.3) is 0 Å². The summed E-state index contributed by atoms with van der Waals surface area (Å²) in [6, 6.07) is 1.92. The van der Waals surface area contributed by atoms with E-state index in [2.05, 4.69) is 5.10 Å². The van der Waals surface area contributed by atoms with Gasteiger partial charge in [-0.1, -0.05) is 19.3 Å². The van der Waals surface area contributed by atoms with E-state index in [0.717, 1.165) is 25.1 Å². The van der Waals surface area contributed by atoms with Crippen LogP contribution in [0.4, 0.5) is 0 Å². The molecule has 1 N–H and O–H groups in total. The molecule has 2 aliphatic rings. The van der Waals surface area contributed by atoms with E-state index >= 15 is 0 Å². The van der Waals surface area contributed by atoms with Gasteiger partial charge < -0.3 is 9.84 Å². The summed E-state index contributed by atoms with van der Waals surface area (Å²) < 4.78 is 7.89. The van der Waals surface area contributed by atoms with Crippen LogP contribution in [0.1, 0.15) is 56.7 Å². The van der Waals surface area contributed by atoms with Crippen molar-refractivity contribution in [1.29, 1.82) is 0 Å². The standard InChI is InChI=1S/C15H24N2O2/c1-17-13(5-9-16-17)14(18)12-6-10-19-15(11-12)7-3-2-4-8-15/h5,9,12,14,18H,2-4,6-8,10-11H2,1H3. The number of aliphatic hydroxyl groups excluding tert-OH is 1. The van der Waals surface area contributed by atoms with Gasteiger partial charge in [-0.2, -0.15) is 5.10 Å². The summed E-state index contributed by atoms with van der Waals surface area (Å²) in [5.41, 5.74) is 0.985. The van der Waals surface area contributed by atoms with Gasteiger partial charge in [-0.05, 0) is 37.7 Å². The molecule has 3 rings (SSSR count). The molecule has 1 aliphatic carbocycles. The van der Waals surface area contributed by atoms with Gasteiger partial charge >= 0.3 is 0 Å². The zero-order valence-corrected chi connectivity index (χ0v) is 11.7. The predicted molar refractivity (Wildman–Crippen MR) is 72.7 cm³/mol. The summed E-state index contributed by atoms with van der Waals surface area (Å²) in [7, 11) is 1.90. The first-order valence-electron chi connectivity index (χ1n) is 7.50. The number of aromatic nitrogens is 2. The molecule has 1 aromatic rings. The summed E-state index contributed by atoms with van der Waals surface area (Å²) in [6.07, 6.45) is 9.52. The maximum absolute atomic E-state index is 10.6. The van der Waals surface area contributed by atoms with Crippen molar-refractivity contribution < 1.29 is 9.84 Å². The highest BCUT2D eigenvalue weighted by Gasteiger charge is 2.41. The minimum absolute atomic E-state index is 0.0563. The Labute approximate surface area is 114 Å². The Morgan fingerprint density at radius 3 is 2.89 bits per heavy atom. The van der Waals surface area contributed by atoms with E-state index in [1.807, 2.05) is 13.1 Å². The summed E-state index contributed by atoms with van der Waals surface area (Å²) in [4.78, 5) is 0. The number of aliphatic hydroxyl groups is 1. The summed E-state index contributed by atoms with van der Waals surface area (Å²) in [5.74, 6) is 0.308. The Kier molecular flexibility index (Phi) is 3.63. The molecular weight excluding hydrogens is 240 g/mol. The first-order chi connectivity index (χ1) is 9.20. The van der Waals surface area contributed by atoms with Crippen LogP contribution in [0, 0.1) is 5.92 Å². The van der Waals surface area contributed by atoms with Gasteiger partial charge in [-0.3, -0.25) is 4.68 Å². The second-order valence-corrected chi connectivity index (χ2v) is 6.17. The number of nitrogens with zero attached hydrogens (tertiary/aromatic N) is 2. The molecule has 1 spiro atoms. The third-order valence-electron chi connectivity index (χ3n) is 4.90. The quantitative estimate of drug-likeness (QED) is 0.893. The Morgan fingerprint density at radius 1 is 1.42 bits per heavy atom. The molecular formula is C15H24N2O2. The molecule has 1 aromatic heterocycles. The maximum atomic E-state index is 10.6. The van der Waals surface area contributed by atoms with Crippen LogP contribution in [0.15, 0.2) is 12.3 Å². The highest BCUT2D eigenvalue weighted by Crippen LogP contribution is 2.44. The molecule has 4 heteroatoms. The molecule has 2 heterocycles. The lowest BCUT2D eigenvalue weighted by molar-refractivity contribution is -0.134. The largest absolute Gasteiger partial charge is 0.387 e. The van der Waals surface area contributed by atoms with Crippen LogP contribution in [-0.4, -0.2) is 27.1 Å². The van der Waals surface area contributed by atoms with Gasteiger partial charge in [0.25, 0.3) is 0 Å². The average molecular weight is 264 g/mol. The van der Waals surface area contributed by atoms with Gasteiger partial charge in [0.05, 0.1) is 17.4 Å². The van der Waals surface area contributed by atoms with Gasteiger partial charge in [0.15, 0.2) is 0 Å². The molecule has 1 saturated heterocycles. The van der Waals surface area contributed by atoms with E-state index in [1.54, 1.807) is 10.9 Å². The zero-order chi connectivity index (χ0) is 13.3. The van der Waals surface area contributed by atoms with Crippen molar-refractivity contribution in [3.05, 3.63) is 18.0 Å². The maximum Gasteiger partial charge on any atom is 0.0986 e. The highest BCUT2D eigenvalue weighted by molar-refractivity contribution is 5.07. The molecule has 19 heavy (non-hydrogen) atoms. The lowest BCUT2D eigenvalue weighted by atomic mass is 9.74. The Morgan fingerprint density at radius 2 is 2.21 bits per heavy atom. The minimum atomic E-state index is -0.407. The van der Waals surface area contributed by atoms with Gasteiger partial charge in [-0.15, -0.1) is 0 Å². The molecule has 0 radical (unpaired) electrons. The lowest BCUT2D eigenvalue weighted by Crippen LogP contribution is -2.43. The Bertz CT molecular complexity index is 418. The zero-order valence-electron chi connectivity index (χ0n) is 11.7. The molecule has 2 unspecified atom stereocenters. The molecule has 0 amide bonds. The third kappa shape index (κ3) is 2.56. The van der Waals surface area contributed by atoms with E-state index in [-0.39, 0.29) is 5.60 Å². The molecule has 0 aromatic carbocycles. The second kappa shape index (κ2) is 5.25. The molecule has 2 fully saturated rings. The molecule has 0 bridgehead atoms.